The summed E-state index contributed by atoms with van der Waals surface area (Å²) >= 11 is 1.45. The number of Topliss-reactive ketones (excluding diaryl/α,β-unsaturated/α-hetero) is 1. The van der Waals surface area contributed by atoms with Crippen molar-refractivity contribution in [1.29, 1.82) is 0 Å². The van der Waals surface area contributed by atoms with E-state index >= 15 is 0 Å². The third-order valence-corrected chi connectivity index (χ3v) is 6.04. The average Bonchev–Trinajstić information content (AvgIpc) is 3.42. The van der Waals surface area contributed by atoms with Gasteiger partial charge in [0.2, 0.25) is 0 Å². The Morgan fingerprint density at radius 2 is 1.97 bits per heavy atom. The van der Waals surface area contributed by atoms with Gasteiger partial charge < -0.3 is 15.2 Å². The number of carbonyl (C=O) groups excluding carboxylic acids is 2. The number of hydrogen-bond acceptors (Lipinski definition) is 5. The van der Waals surface area contributed by atoms with Crippen LogP contribution in [0.4, 0.5) is 5.13 Å². The van der Waals surface area contributed by atoms with E-state index in [2.05, 4.69) is 49.9 Å². The van der Waals surface area contributed by atoms with Gasteiger partial charge in [-0.25, -0.2) is 4.98 Å². The third-order valence-electron chi connectivity index (χ3n) is 5.28. The van der Waals surface area contributed by atoms with E-state index in [-0.39, 0.29) is 23.8 Å². The molecule has 0 saturated heterocycles. The van der Waals surface area contributed by atoms with Crippen LogP contribution in [0.3, 0.4) is 0 Å². The summed E-state index contributed by atoms with van der Waals surface area (Å²) in [4.78, 5) is 29.2. The van der Waals surface area contributed by atoms with Crippen molar-refractivity contribution in [1.82, 2.24) is 14.9 Å². The quantitative estimate of drug-likeness (QED) is 0.388. The minimum atomic E-state index is -0.148. The molecule has 1 aromatic carbocycles. The Morgan fingerprint density at radius 1 is 1.21 bits per heavy atom. The number of rotatable bonds is 9. The van der Waals surface area contributed by atoms with E-state index in [1.54, 1.807) is 6.92 Å². The van der Waals surface area contributed by atoms with E-state index in [1.807, 2.05) is 46.6 Å². The summed E-state index contributed by atoms with van der Waals surface area (Å²) in [6.45, 7) is 14.3. The van der Waals surface area contributed by atoms with Crippen molar-refractivity contribution in [2.75, 3.05) is 11.9 Å². The Bertz CT molecular complexity index is 1170. The molecule has 174 valence electrons. The van der Waals surface area contributed by atoms with Crippen LogP contribution in [-0.4, -0.2) is 27.8 Å². The lowest BCUT2D eigenvalue weighted by Crippen LogP contribution is -2.27. The monoisotopic (exact) mass is 464 g/mol. The first kappa shape index (κ1) is 24.5. The van der Waals surface area contributed by atoms with Gasteiger partial charge in [-0.1, -0.05) is 32.1 Å². The van der Waals surface area contributed by atoms with Gasteiger partial charge in [-0.2, -0.15) is 0 Å². The Morgan fingerprint density at radius 3 is 2.61 bits per heavy atom. The smallest absolute Gasteiger partial charge is 0.253 e. The van der Waals surface area contributed by atoms with Gasteiger partial charge in [-0.15, -0.1) is 11.3 Å². The Hall–Kier alpha value is -3.19. The fourth-order valence-electron chi connectivity index (χ4n) is 3.45. The van der Waals surface area contributed by atoms with Crippen molar-refractivity contribution in [3.05, 3.63) is 71.0 Å². The number of thiazole rings is 1. The zero-order valence-corrected chi connectivity index (χ0v) is 20.8. The number of hydrogen-bond donors (Lipinski definition) is 2. The molecule has 3 rings (SSSR count). The number of nitrogens with one attached hydrogen (secondary N) is 2. The number of nitrogens with zero attached hydrogens (tertiary/aromatic N) is 2. The van der Waals surface area contributed by atoms with Gasteiger partial charge in [-0.3, -0.25) is 9.59 Å². The van der Waals surface area contributed by atoms with E-state index in [0.717, 1.165) is 35.2 Å². The van der Waals surface area contributed by atoms with Crippen LogP contribution in [0, 0.1) is 0 Å². The average molecular weight is 465 g/mol. The predicted molar refractivity (Wildman–Crippen MR) is 136 cm³/mol. The topological polar surface area (TPSA) is 76.0 Å². The number of aryl methyl sites for hydroxylation is 1. The van der Waals surface area contributed by atoms with Crippen LogP contribution in [0.15, 0.2) is 54.3 Å². The van der Waals surface area contributed by atoms with E-state index < -0.39 is 0 Å². The van der Waals surface area contributed by atoms with Crippen LogP contribution in [0.25, 0.3) is 11.3 Å². The van der Waals surface area contributed by atoms with E-state index in [1.165, 1.54) is 11.3 Å². The van der Waals surface area contributed by atoms with Gasteiger partial charge in [0.25, 0.3) is 5.91 Å². The highest BCUT2D eigenvalue weighted by Gasteiger charge is 2.15. The van der Waals surface area contributed by atoms with Gasteiger partial charge in [0.05, 0.1) is 17.8 Å². The number of aromatic nitrogens is 2. The summed E-state index contributed by atoms with van der Waals surface area (Å²) in [5.41, 5.74) is 4.71. The SMILES string of the molecule is C=C(CNC(=O)c1ccn(C(C)(C)C)c1)Nc1nc(-c2ccc(CCC)c(C(C)=O)c2)cs1. The van der Waals surface area contributed by atoms with Crippen LogP contribution >= 0.6 is 11.3 Å². The second-order valence-corrected chi connectivity index (χ2v) is 9.96. The van der Waals surface area contributed by atoms with Crippen molar-refractivity contribution in [3.8, 4) is 11.3 Å². The summed E-state index contributed by atoms with van der Waals surface area (Å²) in [6, 6.07) is 7.76. The van der Waals surface area contributed by atoms with Crippen LogP contribution < -0.4 is 10.6 Å². The Labute approximate surface area is 199 Å². The van der Waals surface area contributed by atoms with Crippen molar-refractivity contribution in [3.63, 3.8) is 0 Å². The molecule has 0 fully saturated rings. The lowest BCUT2D eigenvalue weighted by atomic mass is 9.97. The van der Waals surface area contributed by atoms with Gasteiger partial charge in [0, 0.05) is 40.1 Å². The van der Waals surface area contributed by atoms with Crippen LogP contribution in [0.5, 0.6) is 0 Å². The molecule has 1 amide bonds. The molecule has 33 heavy (non-hydrogen) atoms. The molecule has 0 atom stereocenters. The summed E-state index contributed by atoms with van der Waals surface area (Å²) < 4.78 is 2.01. The van der Waals surface area contributed by atoms with Gasteiger partial charge in [0.1, 0.15) is 0 Å². The standard InChI is InChI=1S/C26H32N4O2S/c1-7-8-19-9-10-20(13-22(19)18(3)31)23-16-33-25(29-23)28-17(2)14-27-24(32)21-11-12-30(15-21)26(4,5)6/h9-13,15-16H,2,7-8,14H2,1,3-6H3,(H,27,32)(H,28,29). The Kier molecular flexibility index (Phi) is 7.53. The minimum absolute atomic E-state index is 0.0656. The van der Waals surface area contributed by atoms with E-state index in [9.17, 15) is 9.59 Å². The Balaban J connectivity index is 1.61. The molecular weight excluding hydrogens is 432 g/mol. The lowest BCUT2D eigenvalue weighted by Gasteiger charge is -2.20. The molecule has 3 aromatic rings. The maximum atomic E-state index is 12.5. The zero-order chi connectivity index (χ0) is 24.2. The number of carbonyl (C=O) groups is 2. The fraction of sp³-hybridized carbons (Fsp3) is 0.346. The number of ketones is 1. The first-order valence-electron chi connectivity index (χ1n) is 11.1. The van der Waals surface area contributed by atoms with Gasteiger partial charge >= 0.3 is 0 Å². The molecule has 0 saturated carbocycles. The molecule has 6 nitrogen and oxygen atoms in total. The molecule has 0 aliphatic carbocycles. The highest BCUT2D eigenvalue weighted by Crippen LogP contribution is 2.28. The molecular formula is C26H32N4O2S. The minimum Gasteiger partial charge on any atom is -0.348 e. The summed E-state index contributed by atoms with van der Waals surface area (Å²) in [6.07, 6.45) is 5.63. The first-order chi connectivity index (χ1) is 15.6. The van der Waals surface area contributed by atoms with Crippen LogP contribution in [0.1, 0.15) is 67.3 Å². The molecule has 0 aliphatic rings. The maximum Gasteiger partial charge on any atom is 0.253 e. The molecule has 0 bridgehead atoms. The molecule has 0 unspecified atom stereocenters. The molecule has 2 N–H and O–H groups in total. The van der Waals surface area contributed by atoms with Gasteiger partial charge in [-0.05, 0) is 51.8 Å². The molecule has 2 aromatic heterocycles. The molecule has 0 radical (unpaired) electrons. The van der Waals surface area contributed by atoms with Crippen LogP contribution in [0.2, 0.25) is 0 Å². The van der Waals surface area contributed by atoms with E-state index in [4.69, 9.17) is 0 Å². The highest BCUT2D eigenvalue weighted by atomic mass is 32.1. The van der Waals surface area contributed by atoms with Crippen molar-refractivity contribution in [2.45, 2.75) is 53.0 Å². The fourth-order valence-corrected chi connectivity index (χ4v) is 4.21. The van der Waals surface area contributed by atoms with Crippen LogP contribution in [-0.2, 0) is 12.0 Å². The molecule has 7 heteroatoms. The van der Waals surface area contributed by atoms with E-state index in [0.29, 0.717) is 16.4 Å². The number of anilines is 1. The normalized spacial score (nSPS) is 11.3. The lowest BCUT2D eigenvalue weighted by molar-refractivity contribution is 0.0955. The molecule has 2 heterocycles. The first-order valence-corrected chi connectivity index (χ1v) is 12.0. The summed E-state index contributed by atoms with van der Waals surface area (Å²) in [5.74, 6) is -0.0828. The number of benzene rings is 1. The van der Waals surface area contributed by atoms with Gasteiger partial charge in [0.15, 0.2) is 10.9 Å². The van der Waals surface area contributed by atoms with Crippen molar-refractivity contribution in [2.24, 2.45) is 0 Å². The highest BCUT2D eigenvalue weighted by molar-refractivity contribution is 7.14. The van der Waals surface area contributed by atoms with Crippen molar-refractivity contribution < 1.29 is 9.59 Å². The number of amides is 1. The predicted octanol–water partition coefficient (Wildman–Crippen LogP) is 5.88. The molecule has 0 spiro atoms. The summed E-state index contributed by atoms with van der Waals surface area (Å²) in [7, 11) is 0. The maximum absolute atomic E-state index is 12.5. The summed E-state index contributed by atoms with van der Waals surface area (Å²) in [5, 5.41) is 8.68. The largest absolute Gasteiger partial charge is 0.348 e. The molecule has 0 aliphatic heterocycles. The van der Waals surface area contributed by atoms with Crippen molar-refractivity contribution >= 4 is 28.2 Å². The third kappa shape index (κ3) is 6.20. The zero-order valence-electron chi connectivity index (χ0n) is 20.0. The second-order valence-electron chi connectivity index (χ2n) is 9.11. The second kappa shape index (κ2) is 10.2.